The molecule has 2 rings (SSSR count). The number of oxazole rings is 1. The van der Waals surface area contributed by atoms with E-state index in [-0.39, 0.29) is 6.03 Å². The lowest BCUT2D eigenvalue weighted by atomic mass is 10.2. The van der Waals surface area contributed by atoms with Crippen molar-refractivity contribution in [2.75, 3.05) is 7.05 Å². The van der Waals surface area contributed by atoms with E-state index in [1.54, 1.807) is 26.2 Å². The molecule has 0 spiro atoms. The van der Waals surface area contributed by atoms with Crippen LogP contribution in [0.2, 0.25) is 0 Å². The summed E-state index contributed by atoms with van der Waals surface area (Å²) in [5.41, 5.74) is 2.13. The molecule has 17 heavy (non-hydrogen) atoms. The van der Waals surface area contributed by atoms with Crippen molar-refractivity contribution in [3.05, 3.63) is 34.3 Å². The second-order valence-electron chi connectivity index (χ2n) is 3.66. The zero-order chi connectivity index (χ0) is 12.4. The van der Waals surface area contributed by atoms with Gasteiger partial charge in [-0.05, 0) is 17.7 Å². The van der Waals surface area contributed by atoms with Gasteiger partial charge >= 0.3 is 11.8 Å². The van der Waals surface area contributed by atoms with Gasteiger partial charge in [-0.1, -0.05) is 6.07 Å². The number of nitrogens with one attached hydrogen (secondary N) is 2. The van der Waals surface area contributed by atoms with E-state index >= 15 is 0 Å². The maximum atomic E-state index is 11.3. The number of amides is 2. The predicted molar refractivity (Wildman–Crippen MR) is 62.8 cm³/mol. The van der Waals surface area contributed by atoms with Crippen LogP contribution in [0.3, 0.4) is 0 Å². The van der Waals surface area contributed by atoms with Crippen molar-refractivity contribution in [1.29, 1.82) is 0 Å². The molecule has 0 aliphatic heterocycles. The molecule has 1 aromatic carbocycles. The van der Waals surface area contributed by atoms with Crippen LogP contribution >= 0.6 is 0 Å². The van der Waals surface area contributed by atoms with Gasteiger partial charge in [0.05, 0.1) is 5.52 Å². The van der Waals surface area contributed by atoms with Crippen LogP contribution in [0.15, 0.2) is 27.4 Å². The SMILES string of the molecule is CNC(=O)NCc1ccc2c(c1)oc(=O)n2C. The Labute approximate surface area is 97.2 Å². The molecule has 0 radical (unpaired) electrons. The second kappa shape index (κ2) is 4.32. The third kappa shape index (κ3) is 2.15. The molecule has 0 aliphatic carbocycles. The highest BCUT2D eigenvalue weighted by Gasteiger charge is 2.06. The van der Waals surface area contributed by atoms with Crippen LogP contribution in [0.5, 0.6) is 0 Å². The van der Waals surface area contributed by atoms with Crippen LogP contribution < -0.4 is 16.4 Å². The molecule has 1 aromatic heterocycles. The van der Waals surface area contributed by atoms with Gasteiger partial charge in [0.15, 0.2) is 5.58 Å². The van der Waals surface area contributed by atoms with Crippen LogP contribution in [-0.2, 0) is 13.6 Å². The number of nitrogens with zero attached hydrogens (tertiary/aromatic N) is 1. The Bertz CT molecular complexity index is 612. The molecule has 6 nitrogen and oxygen atoms in total. The molecule has 0 unspecified atom stereocenters. The lowest BCUT2D eigenvalue weighted by molar-refractivity contribution is 0.242. The van der Waals surface area contributed by atoms with Crippen LogP contribution in [-0.4, -0.2) is 17.6 Å². The van der Waals surface area contributed by atoms with E-state index in [0.717, 1.165) is 11.1 Å². The zero-order valence-electron chi connectivity index (χ0n) is 9.61. The fourth-order valence-electron chi connectivity index (χ4n) is 1.56. The highest BCUT2D eigenvalue weighted by molar-refractivity contribution is 5.75. The molecule has 90 valence electrons. The summed E-state index contributed by atoms with van der Waals surface area (Å²) >= 11 is 0. The Morgan fingerprint density at radius 3 is 2.94 bits per heavy atom. The summed E-state index contributed by atoms with van der Waals surface area (Å²) < 4.78 is 6.49. The number of benzene rings is 1. The van der Waals surface area contributed by atoms with Gasteiger partial charge in [0.2, 0.25) is 0 Å². The summed E-state index contributed by atoms with van der Waals surface area (Å²) in [6.07, 6.45) is 0. The van der Waals surface area contributed by atoms with Gasteiger partial charge in [0.25, 0.3) is 0 Å². The molecule has 2 amide bonds. The number of aryl methyl sites for hydroxylation is 1. The number of carbonyl (C=O) groups is 1. The van der Waals surface area contributed by atoms with Crippen LogP contribution in [0.25, 0.3) is 11.1 Å². The Hall–Kier alpha value is -2.24. The average molecular weight is 235 g/mol. The minimum absolute atomic E-state index is 0.250. The monoisotopic (exact) mass is 235 g/mol. The molecule has 0 fully saturated rings. The number of aromatic nitrogens is 1. The summed E-state index contributed by atoms with van der Waals surface area (Å²) in [4.78, 5) is 22.3. The third-order valence-electron chi connectivity index (χ3n) is 2.54. The van der Waals surface area contributed by atoms with Gasteiger partial charge in [0.1, 0.15) is 0 Å². The van der Waals surface area contributed by atoms with Crippen molar-refractivity contribution in [2.24, 2.45) is 7.05 Å². The van der Waals surface area contributed by atoms with Gasteiger partial charge in [-0.25, -0.2) is 9.59 Å². The van der Waals surface area contributed by atoms with Crippen molar-refractivity contribution in [3.8, 4) is 0 Å². The first-order chi connectivity index (χ1) is 8.11. The smallest absolute Gasteiger partial charge is 0.408 e. The Balaban J connectivity index is 2.26. The van der Waals surface area contributed by atoms with Crippen LogP contribution in [0, 0.1) is 0 Å². The first-order valence-corrected chi connectivity index (χ1v) is 5.16. The summed E-state index contributed by atoms with van der Waals surface area (Å²) in [5, 5.41) is 5.12. The van der Waals surface area contributed by atoms with E-state index in [2.05, 4.69) is 10.6 Å². The predicted octanol–water partition coefficient (Wildman–Crippen LogP) is 0.560. The van der Waals surface area contributed by atoms with Gasteiger partial charge in [-0.15, -0.1) is 0 Å². The fourth-order valence-corrected chi connectivity index (χ4v) is 1.56. The standard InChI is InChI=1S/C11H13N3O3/c1-12-10(15)13-6-7-3-4-8-9(5-7)17-11(16)14(8)2/h3-5H,6H2,1-2H3,(H2,12,13,15). The van der Waals surface area contributed by atoms with E-state index in [4.69, 9.17) is 4.42 Å². The fraction of sp³-hybridized carbons (Fsp3) is 0.273. The number of urea groups is 1. The van der Waals surface area contributed by atoms with E-state index in [0.29, 0.717) is 12.1 Å². The van der Waals surface area contributed by atoms with E-state index in [1.807, 2.05) is 6.07 Å². The lowest BCUT2D eigenvalue weighted by Crippen LogP contribution is -2.32. The molecule has 0 saturated heterocycles. The third-order valence-corrected chi connectivity index (χ3v) is 2.54. The molecule has 6 heteroatoms. The van der Waals surface area contributed by atoms with Crippen molar-refractivity contribution < 1.29 is 9.21 Å². The lowest BCUT2D eigenvalue weighted by Gasteiger charge is -2.04. The Morgan fingerprint density at radius 2 is 2.24 bits per heavy atom. The summed E-state index contributed by atoms with van der Waals surface area (Å²) in [6, 6.07) is 5.13. The van der Waals surface area contributed by atoms with Crippen molar-refractivity contribution >= 4 is 17.1 Å². The topological polar surface area (TPSA) is 76.3 Å². The summed E-state index contributed by atoms with van der Waals surface area (Å²) in [5.74, 6) is -0.392. The first kappa shape index (κ1) is 11.3. The number of carbonyl (C=O) groups excluding carboxylic acids is 1. The van der Waals surface area contributed by atoms with Gasteiger partial charge in [-0.2, -0.15) is 0 Å². The second-order valence-corrected chi connectivity index (χ2v) is 3.66. The summed E-state index contributed by atoms with van der Waals surface area (Å²) in [7, 11) is 3.20. The average Bonchev–Trinajstić information content (AvgIpc) is 2.62. The molecular weight excluding hydrogens is 222 g/mol. The molecular formula is C11H13N3O3. The van der Waals surface area contributed by atoms with Crippen LogP contribution in [0.4, 0.5) is 4.79 Å². The molecule has 1 heterocycles. The largest absolute Gasteiger partial charge is 0.419 e. The van der Waals surface area contributed by atoms with Crippen LogP contribution in [0.1, 0.15) is 5.56 Å². The Kier molecular flexibility index (Phi) is 2.86. The molecule has 2 aromatic rings. The highest BCUT2D eigenvalue weighted by atomic mass is 16.4. The van der Waals surface area contributed by atoms with Gasteiger partial charge in [-0.3, -0.25) is 4.57 Å². The molecule has 0 bridgehead atoms. The molecule has 2 N–H and O–H groups in total. The minimum atomic E-state index is -0.392. The first-order valence-electron chi connectivity index (χ1n) is 5.16. The summed E-state index contributed by atoms with van der Waals surface area (Å²) in [6.45, 7) is 0.383. The highest BCUT2D eigenvalue weighted by Crippen LogP contribution is 2.13. The maximum absolute atomic E-state index is 11.3. The van der Waals surface area contributed by atoms with Crippen molar-refractivity contribution in [2.45, 2.75) is 6.54 Å². The van der Waals surface area contributed by atoms with Crippen molar-refractivity contribution in [1.82, 2.24) is 15.2 Å². The van der Waals surface area contributed by atoms with Gasteiger partial charge in [0, 0.05) is 20.6 Å². The quantitative estimate of drug-likeness (QED) is 0.798. The number of fused-ring (bicyclic) bond motifs is 1. The number of rotatable bonds is 2. The maximum Gasteiger partial charge on any atom is 0.419 e. The number of hydrogen-bond donors (Lipinski definition) is 2. The molecule has 0 atom stereocenters. The van der Waals surface area contributed by atoms with Crippen molar-refractivity contribution in [3.63, 3.8) is 0 Å². The van der Waals surface area contributed by atoms with Gasteiger partial charge < -0.3 is 15.1 Å². The number of hydrogen-bond acceptors (Lipinski definition) is 3. The van der Waals surface area contributed by atoms with E-state index in [9.17, 15) is 9.59 Å². The Morgan fingerprint density at radius 1 is 1.47 bits per heavy atom. The molecule has 0 saturated carbocycles. The zero-order valence-corrected chi connectivity index (χ0v) is 9.61. The normalized spacial score (nSPS) is 10.5. The minimum Gasteiger partial charge on any atom is -0.408 e. The van der Waals surface area contributed by atoms with E-state index < -0.39 is 5.76 Å². The van der Waals surface area contributed by atoms with E-state index in [1.165, 1.54) is 4.57 Å². The molecule has 0 aliphatic rings.